The first-order chi connectivity index (χ1) is 13.6. The van der Waals surface area contributed by atoms with Crippen LogP contribution in [0.5, 0.6) is 0 Å². The lowest BCUT2D eigenvalue weighted by molar-refractivity contribution is 0.0939. The number of hydrogen-bond acceptors (Lipinski definition) is 5. The highest BCUT2D eigenvalue weighted by Gasteiger charge is 2.22. The Balaban J connectivity index is 1.53. The van der Waals surface area contributed by atoms with Crippen LogP contribution in [0.3, 0.4) is 0 Å². The van der Waals surface area contributed by atoms with Crippen LogP contribution in [0.1, 0.15) is 41.1 Å². The molecule has 0 radical (unpaired) electrons. The number of halogens is 1. The summed E-state index contributed by atoms with van der Waals surface area (Å²) in [4.78, 5) is 27.6. The van der Waals surface area contributed by atoms with E-state index in [-0.39, 0.29) is 17.8 Å². The van der Waals surface area contributed by atoms with Crippen molar-refractivity contribution in [3.63, 3.8) is 0 Å². The summed E-state index contributed by atoms with van der Waals surface area (Å²) in [5.41, 5.74) is 3.23. The van der Waals surface area contributed by atoms with Crippen molar-refractivity contribution in [1.82, 2.24) is 20.3 Å². The fourth-order valence-corrected chi connectivity index (χ4v) is 3.34. The van der Waals surface area contributed by atoms with E-state index in [1.165, 1.54) is 24.3 Å². The summed E-state index contributed by atoms with van der Waals surface area (Å²) in [5, 5.41) is 2.92. The van der Waals surface area contributed by atoms with Gasteiger partial charge in [-0.3, -0.25) is 9.78 Å². The number of hydrogen-bond donors (Lipinski definition) is 1. The number of rotatable bonds is 4. The van der Waals surface area contributed by atoms with Crippen LogP contribution in [-0.4, -0.2) is 27.4 Å². The second kappa shape index (κ2) is 7.72. The first kappa shape index (κ1) is 18.0. The Hall–Kier alpha value is -3.35. The van der Waals surface area contributed by atoms with Crippen molar-refractivity contribution in [3.05, 3.63) is 77.8 Å². The molecular weight excluding hydrogens is 357 g/mol. The topological polar surface area (TPSA) is 71.0 Å². The second-order valence-corrected chi connectivity index (χ2v) is 6.73. The Morgan fingerprint density at radius 1 is 1.18 bits per heavy atom. The number of aryl methyl sites for hydroxylation is 1. The predicted octanol–water partition coefficient (Wildman–Crippen LogP) is 3.59. The number of carbonyl (C=O) groups is 1. The van der Waals surface area contributed by atoms with Gasteiger partial charge in [-0.15, -0.1) is 0 Å². The largest absolute Gasteiger partial charge is 0.344 e. The first-order valence-corrected chi connectivity index (χ1v) is 9.21. The Labute approximate surface area is 162 Å². The molecule has 3 heterocycles. The van der Waals surface area contributed by atoms with E-state index in [9.17, 15) is 9.18 Å². The summed E-state index contributed by atoms with van der Waals surface area (Å²) in [5.74, 6) is 0.229. The van der Waals surface area contributed by atoms with Crippen molar-refractivity contribution >= 4 is 17.4 Å². The molecule has 0 saturated heterocycles. The van der Waals surface area contributed by atoms with Gasteiger partial charge in [-0.1, -0.05) is 0 Å². The first-order valence-electron chi connectivity index (χ1n) is 9.21. The summed E-state index contributed by atoms with van der Waals surface area (Å²) in [6.07, 6.45) is 5.12. The molecular formula is C21H20FN5O. The number of anilines is 2. The number of nitrogens with zero attached hydrogens (tertiary/aromatic N) is 4. The van der Waals surface area contributed by atoms with Crippen LogP contribution >= 0.6 is 0 Å². The fraction of sp³-hybridized carbons (Fsp3) is 0.238. The Kier molecular flexibility index (Phi) is 4.97. The van der Waals surface area contributed by atoms with Crippen LogP contribution in [0.25, 0.3) is 0 Å². The molecule has 4 rings (SSSR count). The monoisotopic (exact) mass is 377 g/mol. The van der Waals surface area contributed by atoms with Gasteiger partial charge in [0.15, 0.2) is 0 Å². The van der Waals surface area contributed by atoms with Crippen molar-refractivity contribution in [2.45, 2.75) is 25.8 Å². The maximum atomic E-state index is 13.0. The zero-order valence-electron chi connectivity index (χ0n) is 15.5. The zero-order valence-corrected chi connectivity index (χ0v) is 15.5. The van der Waals surface area contributed by atoms with Crippen LogP contribution < -0.4 is 10.2 Å². The van der Waals surface area contributed by atoms with Gasteiger partial charge < -0.3 is 10.2 Å². The molecule has 3 aromatic rings. The minimum absolute atomic E-state index is 0.255. The van der Waals surface area contributed by atoms with Crippen molar-refractivity contribution < 1.29 is 9.18 Å². The molecule has 1 amide bonds. The van der Waals surface area contributed by atoms with Crippen molar-refractivity contribution in [3.8, 4) is 0 Å². The number of fused-ring (bicyclic) bond motifs is 1. The van der Waals surface area contributed by atoms with Gasteiger partial charge in [0.2, 0.25) is 0 Å². The lowest BCUT2D eigenvalue weighted by Gasteiger charge is -2.30. The smallest absolute Gasteiger partial charge is 0.251 e. The third-order valence-electron chi connectivity index (χ3n) is 4.80. The zero-order chi connectivity index (χ0) is 19.5. The number of benzene rings is 1. The maximum absolute atomic E-state index is 13.0. The molecule has 1 aliphatic rings. The lowest BCUT2D eigenvalue weighted by atomic mass is 10.1. The van der Waals surface area contributed by atoms with Gasteiger partial charge in [-0.25, -0.2) is 14.4 Å². The molecule has 142 valence electrons. The van der Waals surface area contributed by atoms with E-state index >= 15 is 0 Å². The SMILES string of the molecule is CC(NC(=O)c1ccc(F)cc1)c1ccc2c(n1)CCCN2c1ccncn1. The molecule has 1 aliphatic heterocycles. The van der Waals surface area contributed by atoms with Gasteiger partial charge in [0.1, 0.15) is 18.0 Å². The quantitative estimate of drug-likeness (QED) is 0.752. The van der Waals surface area contributed by atoms with Crippen molar-refractivity contribution in [2.24, 2.45) is 0 Å². The number of carbonyl (C=O) groups excluding carboxylic acids is 1. The number of nitrogens with one attached hydrogen (secondary N) is 1. The van der Waals surface area contributed by atoms with E-state index in [0.29, 0.717) is 5.56 Å². The Morgan fingerprint density at radius 3 is 2.75 bits per heavy atom. The van der Waals surface area contributed by atoms with Crippen LogP contribution in [0, 0.1) is 5.82 Å². The molecule has 0 fully saturated rings. The third-order valence-corrected chi connectivity index (χ3v) is 4.80. The second-order valence-electron chi connectivity index (χ2n) is 6.73. The standard InChI is InChI=1S/C21H20FN5O/c1-14(25-21(28)15-4-6-16(22)7-5-15)17-8-9-19-18(26-17)3-2-12-27(19)20-10-11-23-13-24-20/h4-11,13-14H,2-3,12H2,1H3,(H,25,28). The van der Waals surface area contributed by atoms with Crippen LogP contribution in [-0.2, 0) is 6.42 Å². The average Bonchev–Trinajstić information content (AvgIpc) is 2.74. The Bertz CT molecular complexity index is 978. The minimum Gasteiger partial charge on any atom is -0.344 e. The molecule has 28 heavy (non-hydrogen) atoms. The summed E-state index contributed by atoms with van der Waals surface area (Å²) in [7, 11) is 0. The van der Waals surface area contributed by atoms with E-state index in [2.05, 4.69) is 20.2 Å². The van der Waals surface area contributed by atoms with Crippen LogP contribution in [0.15, 0.2) is 55.0 Å². The molecule has 1 N–H and O–H groups in total. The van der Waals surface area contributed by atoms with Crippen molar-refractivity contribution in [2.75, 3.05) is 11.4 Å². The molecule has 2 aromatic heterocycles. The highest BCUT2D eigenvalue weighted by molar-refractivity contribution is 5.94. The van der Waals surface area contributed by atoms with E-state index < -0.39 is 0 Å². The Morgan fingerprint density at radius 2 is 2.00 bits per heavy atom. The average molecular weight is 377 g/mol. The number of pyridine rings is 1. The summed E-state index contributed by atoms with van der Waals surface area (Å²) < 4.78 is 13.0. The minimum atomic E-state index is -0.366. The fourth-order valence-electron chi connectivity index (χ4n) is 3.34. The number of amides is 1. The molecule has 0 spiro atoms. The van der Waals surface area contributed by atoms with Gasteiger partial charge >= 0.3 is 0 Å². The van der Waals surface area contributed by atoms with Gasteiger partial charge in [-0.2, -0.15) is 0 Å². The predicted molar refractivity (Wildman–Crippen MR) is 104 cm³/mol. The molecule has 1 unspecified atom stereocenters. The van der Waals surface area contributed by atoms with Gasteiger partial charge in [0.25, 0.3) is 5.91 Å². The molecule has 0 bridgehead atoms. The molecule has 6 nitrogen and oxygen atoms in total. The molecule has 1 atom stereocenters. The summed E-state index contributed by atoms with van der Waals surface area (Å²) in [6, 6.07) is 11.1. The van der Waals surface area contributed by atoms with Gasteiger partial charge in [0, 0.05) is 18.3 Å². The number of aromatic nitrogens is 3. The van der Waals surface area contributed by atoms with E-state index in [0.717, 1.165) is 42.3 Å². The summed E-state index contributed by atoms with van der Waals surface area (Å²) in [6.45, 7) is 2.77. The van der Waals surface area contributed by atoms with E-state index in [1.807, 2.05) is 25.1 Å². The normalized spacial score (nSPS) is 14.3. The van der Waals surface area contributed by atoms with Crippen LogP contribution in [0.4, 0.5) is 15.9 Å². The molecule has 0 aliphatic carbocycles. The van der Waals surface area contributed by atoms with Gasteiger partial charge in [0.05, 0.1) is 23.1 Å². The highest BCUT2D eigenvalue weighted by atomic mass is 19.1. The summed E-state index contributed by atoms with van der Waals surface area (Å²) >= 11 is 0. The lowest BCUT2D eigenvalue weighted by Crippen LogP contribution is -2.29. The highest BCUT2D eigenvalue weighted by Crippen LogP contribution is 2.32. The van der Waals surface area contributed by atoms with Crippen molar-refractivity contribution in [1.29, 1.82) is 0 Å². The van der Waals surface area contributed by atoms with E-state index in [4.69, 9.17) is 4.98 Å². The third kappa shape index (κ3) is 3.69. The van der Waals surface area contributed by atoms with Gasteiger partial charge in [-0.05, 0) is 62.2 Å². The van der Waals surface area contributed by atoms with E-state index in [1.54, 1.807) is 12.5 Å². The van der Waals surface area contributed by atoms with Crippen LogP contribution in [0.2, 0.25) is 0 Å². The molecule has 0 saturated carbocycles. The maximum Gasteiger partial charge on any atom is 0.251 e. The molecule has 7 heteroatoms. The molecule has 1 aromatic carbocycles.